The van der Waals surface area contributed by atoms with E-state index in [0.717, 1.165) is 22.4 Å². The average molecular weight is 550 g/mol. The molecule has 1 heterocycles. The summed E-state index contributed by atoms with van der Waals surface area (Å²) in [7, 11) is 0. The predicted octanol–water partition coefficient (Wildman–Crippen LogP) is 4.42. The molecule has 2 aromatic rings. The topological polar surface area (TPSA) is 56.2 Å². The lowest BCUT2D eigenvalue weighted by molar-refractivity contribution is 0.0174. The number of aliphatic hydroxyl groups excluding tert-OH is 2. The fourth-order valence-corrected chi connectivity index (χ4v) is 4.74. The van der Waals surface area contributed by atoms with Crippen LogP contribution in [-0.2, 0) is 8.99 Å². The molecule has 3 rings (SSSR count). The van der Waals surface area contributed by atoms with Crippen molar-refractivity contribution in [3.8, 4) is 0 Å². The summed E-state index contributed by atoms with van der Waals surface area (Å²) in [6.07, 6.45) is -0.749. The molecule has 0 aromatic heterocycles. The Morgan fingerprint density at radius 3 is 2.60 bits per heavy atom. The molecule has 0 fully saturated rings. The van der Waals surface area contributed by atoms with Gasteiger partial charge in [0, 0.05) is 41.9 Å². The first kappa shape index (κ1) is 23.7. The molecule has 2 aromatic carbocycles. The SMILES string of the molecule is CC(F)(F)c1ccc2c(c1)N(CC(O)CN(CCO)CCOI)c1ccccc1S2. The van der Waals surface area contributed by atoms with E-state index in [1.807, 2.05) is 57.1 Å². The fourth-order valence-electron chi connectivity index (χ4n) is 3.46. The van der Waals surface area contributed by atoms with E-state index >= 15 is 0 Å². The van der Waals surface area contributed by atoms with Gasteiger partial charge in [0.25, 0.3) is 5.92 Å². The summed E-state index contributed by atoms with van der Waals surface area (Å²) < 4.78 is 33.0. The Labute approximate surface area is 193 Å². The highest BCUT2D eigenvalue weighted by Gasteiger charge is 2.30. The number of hydrogen-bond acceptors (Lipinski definition) is 6. The summed E-state index contributed by atoms with van der Waals surface area (Å²) in [5, 5.41) is 20.1. The van der Waals surface area contributed by atoms with Gasteiger partial charge in [-0.1, -0.05) is 30.0 Å². The van der Waals surface area contributed by atoms with Crippen LogP contribution >= 0.6 is 34.8 Å². The highest BCUT2D eigenvalue weighted by molar-refractivity contribution is 14.1. The Morgan fingerprint density at radius 1 is 1.17 bits per heavy atom. The molecule has 1 aliphatic rings. The third kappa shape index (κ3) is 5.83. The van der Waals surface area contributed by atoms with E-state index < -0.39 is 12.0 Å². The second-order valence-corrected chi connectivity index (χ2v) is 8.95. The quantitative estimate of drug-likeness (QED) is 0.428. The van der Waals surface area contributed by atoms with Crippen LogP contribution < -0.4 is 4.90 Å². The van der Waals surface area contributed by atoms with Crippen molar-refractivity contribution in [1.29, 1.82) is 0 Å². The predicted molar refractivity (Wildman–Crippen MR) is 123 cm³/mol. The van der Waals surface area contributed by atoms with E-state index in [1.165, 1.54) is 23.9 Å². The fraction of sp³-hybridized carbons (Fsp3) is 0.429. The van der Waals surface area contributed by atoms with Gasteiger partial charge in [0.15, 0.2) is 0 Å². The van der Waals surface area contributed by atoms with Crippen molar-refractivity contribution in [1.82, 2.24) is 4.90 Å². The number of hydrogen-bond donors (Lipinski definition) is 2. The van der Waals surface area contributed by atoms with Crippen molar-refractivity contribution < 1.29 is 22.1 Å². The highest BCUT2D eigenvalue weighted by atomic mass is 127. The molecule has 0 amide bonds. The molecule has 0 bridgehead atoms. The van der Waals surface area contributed by atoms with E-state index in [-0.39, 0.29) is 18.7 Å². The smallest absolute Gasteiger partial charge is 0.270 e. The molecule has 0 saturated carbocycles. The zero-order valence-corrected chi connectivity index (χ0v) is 19.6. The van der Waals surface area contributed by atoms with Gasteiger partial charge in [0.1, 0.15) is 23.0 Å². The maximum atomic E-state index is 14.0. The number of rotatable bonds is 10. The first-order valence-corrected chi connectivity index (χ1v) is 11.3. The third-order valence-electron chi connectivity index (χ3n) is 4.90. The molecule has 2 N–H and O–H groups in total. The normalized spacial score (nSPS) is 14.6. The molecule has 9 heteroatoms. The van der Waals surface area contributed by atoms with Gasteiger partial charge in [-0.3, -0.25) is 4.90 Å². The standard InChI is InChI=1S/C21H25F2IN2O3S/c1-21(22,23)15-6-7-20-18(12-15)26(17-4-2-3-5-19(17)30-20)14-16(28)13-25(8-10-27)9-11-29-24/h2-7,12,16,27-28H,8-11,13-14H2,1H3. The largest absolute Gasteiger partial charge is 0.395 e. The molecular weight excluding hydrogens is 525 g/mol. The molecule has 0 saturated heterocycles. The van der Waals surface area contributed by atoms with Crippen LogP contribution in [-0.4, -0.2) is 60.6 Å². The Morgan fingerprint density at radius 2 is 1.90 bits per heavy atom. The van der Waals surface area contributed by atoms with Crippen LogP contribution in [0.25, 0.3) is 0 Å². The Kier molecular flexibility index (Phi) is 8.33. The molecule has 30 heavy (non-hydrogen) atoms. The number of para-hydroxylation sites is 1. The Bertz CT molecular complexity index is 853. The van der Waals surface area contributed by atoms with Gasteiger partial charge in [0.2, 0.25) is 0 Å². The number of aliphatic hydroxyl groups is 2. The number of anilines is 2. The minimum Gasteiger partial charge on any atom is -0.395 e. The summed E-state index contributed by atoms with van der Waals surface area (Å²) in [5.74, 6) is -2.95. The van der Waals surface area contributed by atoms with Crippen LogP contribution in [0.3, 0.4) is 0 Å². The first-order chi connectivity index (χ1) is 14.3. The van der Waals surface area contributed by atoms with E-state index in [2.05, 4.69) is 0 Å². The van der Waals surface area contributed by atoms with Gasteiger partial charge in [-0.25, -0.2) is 8.78 Å². The number of benzene rings is 2. The summed E-state index contributed by atoms with van der Waals surface area (Å²) in [5.41, 5.74) is 1.50. The maximum Gasteiger partial charge on any atom is 0.270 e. The summed E-state index contributed by atoms with van der Waals surface area (Å²) in [6.45, 7) is 2.94. The van der Waals surface area contributed by atoms with Gasteiger partial charge in [-0.2, -0.15) is 0 Å². The number of alkyl halides is 2. The maximum absolute atomic E-state index is 14.0. The monoisotopic (exact) mass is 550 g/mol. The number of fused-ring (bicyclic) bond motifs is 2. The molecule has 164 valence electrons. The Hall–Kier alpha value is -0.980. The first-order valence-electron chi connectivity index (χ1n) is 9.65. The molecule has 0 spiro atoms. The average Bonchev–Trinajstić information content (AvgIpc) is 2.71. The molecule has 1 unspecified atom stereocenters. The number of halogens is 3. The van der Waals surface area contributed by atoms with E-state index in [1.54, 1.807) is 6.07 Å². The van der Waals surface area contributed by atoms with E-state index in [9.17, 15) is 19.0 Å². The van der Waals surface area contributed by atoms with Gasteiger partial charge >= 0.3 is 0 Å². The lowest BCUT2D eigenvalue weighted by atomic mass is 10.1. The summed E-state index contributed by atoms with van der Waals surface area (Å²) in [4.78, 5) is 5.72. The van der Waals surface area contributed by atoms with Crippen LogP contribution in [0.15, 0.2) is 52.3 Å². The second-order valence-electron chi connectivity index (χ2n) is 7.24. The van der Waals surface area contributed by atoms with Crippen molar-refractivity contribution in [2.75, 3.05) is 44.3 Å². The lowest BCUT2D eigenvalue weighted by Gasteiger charge is -2.35. The van der Waals surface area contributed by atoms with Crippen molar-refractivity contribution >= 4 is 46.1 Å². The molecule has 5 nitrogen and oxygen atoms in total. The molecule has 0 radical (unpaired) electrons. The van der Waals surface area contributed by atoms with Gasteiger partial charge in [-0.05, 0) is 24.3 Å². The van der Waals surface area contributed by atoms with Crippen LogP contribution in [0.2, 0.25) is 0 Å². The lowest BCUT2D eigenvalue weighted by Crippen LogP contribution is -2.41. The van der Waals surface area contributed by atoms with Crippen LogP contribution in [0, 0.1) is 0 Å². The number of β-amino-alcohol motifs (C(OH)–C–C–N with tert-alkyl or cyclic N) is 1. The van der Waals surface area contributed by atoms with Crippen molar-refractivity contribution in [2.45, 2.75) is 28.7 Å². The highest BCUT2D eigenvalue weighted by Crippen LogP contribution is 2.49. The van der Waals surface area contributed by atoms with Crippen LogP contribution in [0.1, 0.15) is 12.5 Å². The minimum absolute atomic E-state index is 0.0189. The number of nitrogens with zero attached hydrogens (tertiary/aromatic N) is 2. The van der Waals surface area contributed by atoms with Gasteiger partial charge < -0.3 is 18.2 Å². The molecular formula is C21H25F2IN2O3S. The van der Waals surface area contributed by atoms with E-state index in [4.69, 9.17) is 3.07 Å². The zero-order chi connectivity index (χ0) is 21.7. The van der Waals surface area contributed by atoms with E-state index in [0.29, 0.717) is 31.9 Å². The van der Waals surface area contributed by atoms with Crippen molar-refractivity contribution in [3.05, 3.63) is 48.0 Å². The summed E-state index contributed by atoms with van der Waals surface area (Å²) in [6, 6.07) is 12.5. The van der Waals surface area contributed by atoms with Crippen LogP contribution in [0.5, 0.6) is 0 Å². The van der Waals surface area contributed by atoms with Gasteiger partial charge in [0.05, 0.1) is 37.2 Å². The van der Waals surface area contributed by atoms with Crippen LogP contribution in [0.4, 0.5) is 20.2 Å². The van der Waals surface area contributed by atoms with Gasteiger partial charge in [-0.15, -0.1) is 0 Å². The molecule has 1 aliphatic heterocycles. The third-order valence-corrected chi connectivity index (χ3v) is 6.47. The Balaban J connectivity index is 1.87. The zero-order valence-electron chi connectivity index (χ0n) is 16.6. The minimum atomic E-state index is -2.95. The van der Waals surface area contributed by atoms with Crippen molar-refractivity contribution in [2.24, 2.45) is 0 Å². The second kappa shape index (κ2) is 10.6. The summed E-state index contributed by atoms with van der Waals surface area (Å²) >= 11 is 3.35. The van der Waals surface area contributed by atoms with Crippen molar-refractivity contribution in [3.63, 3.8) is 0 Å². The molecule has 0 aliphatic carbocycles. The molecule has 1 atom stereocenters.